The summed E-state index contributed by atoms with van der Waals surface area (Å²) in [7, 11) is 2.03. The van der Waals surface area contributed by atoms with Crippen LogP contribution in [-0.4, -0.2) is 43.6 Å². The fourth-order valence-corrected chi connectivity index (χ4v) is 3.45. The maximum atomic E-state index is 12.3. The van der Waals surface area contributed by atoms with Crippen molar-refractivity contribution in [1.29, 1.82) is 0 Å². The standard InChI is InChI=1S/C17H24N2O2/c1-19-10-5-8-15(19)17(20)18-12-14-9-11-21-16(14)13-6-3-2-4-7-13/h2-4,6-7,14-16H,5,8-12H2,1H3,(H,18,20)/t14-,15-,16-/m1/s1. The van der Waals surface area contributed by atoms with Crippen LogP contribution in [0, 0.1) is 5.92 Å². The normalized spacial score (nSPS) is 29.7. The summed E-state index contributed by atoms with van der Waals surface area (Å²) in [6.45, 7) is 2.52. The van der Waals surface area contributed by atoms with Crippen molar-refractivity contribution in [2.45, 2.75) is 31.4 Å². The number of carbonyl (C=O) groups excluding carboxylic acids is 1. The van der Waals surface area contributed by atoms with Crippen molar-refractivity contribution in [3.8, 4) is 0 Å². The molecule has 0 aliphatic carbocycles. The SMILES string of the molecule is CN1CCC[C@@H]1C(=O)NC[C@H]1CCO[C@@H]1c1ccccc1. The summed E-state index contributed by atoms with van der Waals surface area (Å²) in [5.41, 5.74) is 1.22. The molecule has 4 nitrogen and oxygen atoms in total. The van der Waals surface area contributed by atoms with Gasteiger partial charge >= 0.3 is 0 Å². The number of nitrogens with zero attached hydrogens (tertiary/aromatic N) is 1. The molecule has 3 atom stereocenters. The Kier molecular flexibility index (Phi) is 4.56. The van der Waals surface area contributed by atoms with Crippen molar-refractivity contribution < 1.29 is 9.53 Å². The first kappa shape index (κ1) is 14.5. The van der Waals surface area contributed by atoms with Crippen molar-refractivity contribution in [2.75, 3.05) is 26.7 Å². The van der Waals surface area contributed by atoms with E-state index in [1.165, 1.54) is 5.56 Å². The summed E-state index contributed by atoms with van der Waals surface area (Å²) in [4.78, 5) is 14.4. The first-order chi connectivity index (χ1) is 10.3. The molecule has 0 radical (unpaired) electrons. The summed E-state index contributed by atoms with van der Waals surface area (Å²) in [5.74, 6) is 0.553. The highest BCUT2D eigenvalue weighted by Gasteiger charge is 2.32. The largest absolute Gasteiger partial charge is 0.373 e. The zero-order valence-electron chi connectivity index (χ0n) is 12.6. The number of amides is 1. The molecule has 21 heavy (non-hydrogen) atoms. The Hall–Kier alpha value is -1.39. The molecule has 114 valence electrons. The zero-order chi connectivity index (χ0) is 14.7. The maximum absolute atomic E-state index is 12.3. The number of benzene rings is 1. The molecule has 3 rings (SSSR count). The van der Waals surface area contributed by atoms with E-state index in [4.69, 9.17) is 4.74 Å². The van der Waals surface area contributed by atoms with Gasteiger partial charge < -0.3 is 10.1 Å². The lowest BCUT2D eigenvalue weighted by Gasteiger charge is -2.22. The highest BCUT2D eigenvalue weighted by Crippen LogP contribution is 2.33. The van der Waals surface area contributed by atoms with Gasteiger partial charge in [-0.05, 0) is 38.4 Å². The quantitative estimate of drug-likeness (QED) is 0.921. The second-order valence-electron chi connectivity index (χ2n) is 6.13. The molecule has 4 heteroatoms. The number of hydrogen-bond acceptors (Lipinski definition) is 3. The van der Waals surface area contributed by atoms with E-state index >= 15 is 0 Å². The summed E-state index contributed by atoms with van der Waals surface area (Å²) < 4.78 is 5.87. The molecule has 2 aliphatic rings. The number of hydrogen-bond donors (Lipinski definition) is 1. The van der Waals surface area contributed by atoms with E-state index in [1.54, 1.807) is 0 Å². The number of likely N-dealkylation sites (tertiary alicyclic amines) is 1. The minimum absolute atomic E-state index is 0.0579. The van der Waals surface area contributed by atoms with Gasteiger partial charge in [0, 0.05) is 19.1 Å². The van der Waals surface area contributed by atoms with Gasteiger partial charge in [0.2, 0.25) is 5.91 Å². The number of carbonyl (C=O) groups is 1. The van der Waals surface area contributed by atoms with E-state index in [1.807, 2.05) is 25.2 Å². The van der Waals surface area contributed by atoms with Crippen molar-refractivity contribution in [1.82, 2.24) is 10.2 Å². The molecule has 2 saturated heterocycles. The Balaban J connectivity index is 1.56. The lowest BCUT2D eigenvalue weighted by molar-refractivity contribution is -0.125. The van der Waals surface area contributed by atoms with Crippen LogP contribution >= 0.6 is 0 Å². The van der Waals surface area contributed by atoms with E-state index in [9.17, 15) is 4.79 Å². The third-order valence-corrected chi connectivity index (χ3v) is 4.70. The van der Waals surface area contributed by atoms with Gasteiger partial charge in [-0.3, -0.25) is 9.69 Å². The number of ether oxygens (including phenoxy) is 1. The minimum atomic E-state index is 0.0579. The van der Waals surface area contributed by atoms with Gasteiger partial charge in [-0.2, -0.15) is 0 Å². The fourth-order valence-electron chi connectivity index (χ4n) is 3.45. The zero-order valence-corrected chi connectivity index (χ0v) is 12.6. The van der Waals surface area contributed by atoms with Crippen molar-refractivity contribution in [2.24, 2.45) is 5.92 Å². The van der Waals surface area contributed by atoms with E-state index in [0.29, 0.717) is 12.5 Å². The highest BCUT2D eigenvalue weighted by atomic mass is 16.5. The molecular formula is C17H24N2O2. The Morgan fingerprint density at radius 3 is 2.86 bits per heavy atom. The predicted molar refractivity (Wildman–Crippen MR) is 81.9 cm³/mol. The lowest BCUT2D eigenvalue weighted by atomic mass is 9.95. The van der Waals surface area contributed by atoms with E-state index in [2.05, 4.69) is 22.3 Å². The third kappa shape index (κ3) is 3.27. The Morgan fingerprint density at radius 1 is 1.33 bits per heavy atom. The first-order valence-corrected chi connectivity index (χ1v) is 7.90. The number of rotatable bonds is 4. The van der Waals surface area contributed by atoms with E-state index in [-0.39, 0.29) is 18.1 Å². The van der Waals surface area contributed by atoms with Gasteiger partial charge in [0.25, 0.3) is 0 Å². The van der Waals surface area contributed by atoms with Crippen LogP contribution in [0.2, 0.25) is 0 Å². The topological polar surface area (TPSA) is 41.6 Å². The molecule has 0 spiro atoms. The van der Waals surface area contributed by atoms with Crippen LogP contribution in [0.5, 0.6) is 0 Å². The molecule has 2 aliphatic heterocycles. The highest BCUT2D eigenvalue weighted by molar-refractivity contribution is 5.82. The maximum Gasteiger partial charge on any atom is 0.237 e. The molecule has 2 heterocycles. The van der Waals surface area contributed by atoms with Gasteiger partial charge in [0.15, 0.2) is 0 Å². The average molecular weight is 288 g/mol. The van der Waals surface area contributed by atoms with E-state index < -0.39 is 0 Å². The summed E-state index contributed by atoms with van der Waals surface area (Å²) in [5, 5.41) is 3.14. The van der Waals surface area contributed by atoms with Crippen LogP contribution < -0.4 is 5.32 Å². The number of likely N-dealkylation sites (N-methyl/N-ethyl adjacent to an activating group) is 1. The van der Waals surface area contributed by atoms with Gasteiger partial charge in [-0.25, -0.2) is 0 Å². The Bertz CT molecular complexity index is 477. The Labute approximate surface area is 126 Å². The summed E-state index contributed by atoms with van der Waals surface area (Å²) in [6, 6.07) is 10.4. The minimum Gasteiger partial charge on any atom is -0.373 e. The first-order valence-electron chi connectivity index (χ1n) is 7.90. The lowest BCUT2D eigenvalue weighted by Crippen LogP contribution is -2.43. The molecular weight excluding hydrogens is 264 g/mol. The monoisotopic (exact) mass is 288 g/mol. The average Bonchev–Trinajstić information content (AvgIpc) is 3.14. The predicted octanol–water partition coefficient (Wildman–Crippen LogP) is 1.97. The van der Waals surface area contributed by atoms with Crippen molar-refractivity contribution in [3.05, 3.63) is 35.9 Å². The molecule has 0 saturated carbocycles. The van der Waals surface area contributed by atoms with Gasteiger partial charge in [0.1, 0.15) is 0 Å². The molecule has 0 aromatic heterocycles. The summed E-state index contributed by atoms with van der Waals surface area (Å²) >= 11 is 0. The van der Waals surface area contributed by atoms with Crippen molar-refractivity contribution >= 4 is 5.91 Å². The van der Waals surface area contributed by atoms with Crippen molar-refractivity contribution in [3.63, 3.8) is 0 Å². The molecule has 1 N–H and O–H groups in total. The number of nitrogens with one attached hydrogen (secondary N) is 1. The van der Waals surface area contributed by atoms with Crippen LogP contribution in [0.15, 0.2) is 30.3 Å². The molecule has 1 aromatic carbocycles. The molecule has 1 aromatic rings. The second-order valence-corrected chi connectivity index (χ2v) is 6.13. The van der Waals surface area contributed by atoms with Gasteiger partial charge in [-0.15, -0.1) is 0 Å². The van der Waals surface area contributed by atoms with Crippen LogP contribution in [0.1, 0.15) is 30.9 Å². The fraction of sp³-hybridized carbons (Fsp3) is 0.588. The smallest absolute Gasteiger partial charge is 0.237 e. The van der Waals surface area contributed by atoms with E-state index in [0.717, 1.165) is 32.4 Å². The third-order valence-electron chi connectivity index (χ3n) is 4.70. The van der Waals surface area contributed by atoms with Crippen LogP contribution in [0.4, 0.5) is 0 Å². The molecule has 0 unspecified atom stereocenters. The summed E-state index contributed by atoms with van der Waals surface area (Å²) in [6.07, 6.45) is 3.23. The molecule has 1 amide bonds. The van der Waals surface area contributed by atoms with Crippen LogP contribution in [0.25, 0.3) is 0 Å². The Morgan fingerprint density at radius 2 is 2.14 bits per heavy atom. The second kappa shape index (κ2) is 6.58. The van der Waals surface area contributed by atoms with Crippen LogP contribution in [0.3, 0.4) is 0 Å². The molecule has 0 bridgehead atoms. The van der Waals surface area contributed by atoms with Gasteiger partial charge in [-0.1, -0.05) is 30.3 Å². The molecule has 2 fully saturated rings. The van der Waals surface area contributed by atoms with Gasteiger partial charge in [0.05, 0.1) is 12.1 Å². The van der Waals surface area contributed by atoms with Crippen LogP contribution in [-0.2, 0) is 9.53 Å².